The number of amides is 1. The number of rotatable bonds is 5. The van der Waals surface area contributed by atoms with Gasteiger partial charge in [0.25, 0.3) is 0 Å². The topological polar surface area (TPSA) is 75.7 Å². The van der Waals surface area contributed by atoms with Gasteiger partial charge in [-0.05, 0) is 74.2 Å². The van der Waals surface area contributed by atoms with Crippen molar-refractivity contribution in [1.82, 2.24) is 4.31 Å². The largest absolute Gasteiger partial charge is 0.497 e. The summed E-state index contributed by atoms with van der Waals surface area (Å²) in [6, 6.07) is 10.2. The minimum absolute atomic E-state index is 0.145. The molecule has 1 aliphatic rings. The first-order valence-corrected chi connectivity index (χ1v) is 11.7. The zero-order valence-electron chi connectivity index (χ0n) is 16.7. The normalized spacial score (nSPS) is 17.7. The Morgan fingerprint density at radius 2 is 1.79 bits per heavy atom. The molecule has 0 unspecified atom stereocenters. The van der Waals surface area contributed by atoms with Crippen LogP contribution in [0.5, 0.6) is 5.75 Å². The molecule has 0 aromatic heterocycles. The summed E-state index contributed by atoms with van der Waals surface area (Å²) in [5, 5.41) is 3.00. The van der Waals surface area contributed by atoms with Crippen molar-refractivity contribution in [3.05, 3.63) is 52.0 Å². The number of carbonyl (C=O) groups excluding carboxylic acids is 1. The molecule has 2 aromatic rings. The summed E-state index contributed by atoms with van der Waals surface area (Å²) < 4.78 is 33.5. The Labute approximate surface area is 180 Å². The smallest absolute Gasteiger partial charge is 0.243 e. The number of hydrogen-bond donors (Lipinski definition) is 1. The Kier molecular flexibility index (Phi) is 6.65. The van der Waals surface area contributed by atoms with E-state index in [1.165, 1.54) is 23.5 Å². The van der Waals surface area contributed by atoms with Crippen molar-refractivity contribution in [3.63, 3.8) is 0 Å². The molecule has 8 heteroatoms. The van der Waals surface area contributed by atoms with Gasteiger partial charge in [-0.1, -0.05) is 15.9 Å². The third kappa shape index (κ3) is 4.82. The van der Waals surface area contributed by atoms with Crippen LogP contribution >= 0.6 is 15.9 Å². The second kappa shape index (κ2) is 8.85. The van der Waals surface area contributed by atoms with Gasteiger partial charge >= 0.3 is 0 Å². The lowest BCUT2D eigenvalue weighted by Gasteiger charge is -2.31. The van der Waals surface area contributed by atoms with E-state index in [0.29, 0.717) is 25.1 Å². The standard InChI is InChI=1S/C21H25BrN2O4S/c1-14-11-17(22)12-15(2)20(14)23-21(25)16-5-4-10-24(13-16)29(26,27)19-8-6-18(28-3)7-9-19/h6-9,11-12,16H,4-5,10,13H2,1-3H3,(H,23,25)/t16-/m0/s1. The second-order valence-corrected chi connectivity index (χ2v) is 10.1. The van der Waals surface area contributed by atoms with E-state index in [2.05, 4.69) is 21.2 Å². The summed E-state index contributed by atoms with van der Waals surface area (Å²) in [5.74, 6) is 0.0625. The van der Waals surface area contributed by atoms with Gasteiger partial charge in [0.1, 0.15) is 5.75 Å². The van der Waals surface area contributed by atoms with Crippen LogP contribution in [0.3, 0.4) is 0 Å². The van der Waals surface area contributed by atoms with Crippen molar-refractivity contribution in [1.29, 1.82) is 0 Å². The molecule has 1 heterocycles. The van der Waals surface area contributed by atoms with Crippen LogP contribution in [0.2, 0.25) is 0 Å². The summed E-state index contributed by atoms with van der Waals surface area (Å²) in [7, 11) is -2.12. The lowest BCUT2D eigenvalue weighted by atomic mass is 9.98. The quantitative estimate of drug-likeness (QED) is 0.698. The first-order valence-electron chi connectivity index (χ1n) is 9.44. The van der Waals surface area contributed by atoms with E-state index in [1.54, 1.807) is 12.1 Å². The second-order valence-electron chi connectivity index (χ2n) is 7.28. The van der Waals surface area contributed by atoms with Gasteiger partial charge in [-0.25, -0.2) is 8.42 Å². The molecule has 1 atom stereocenters. The molecule has 0 spiro atoms. The van der Waals surface area contributed by atoms with Crippen LogP contribution in [-0.2, 0) is 14.8 Å². The molecular weight excluding hydrogens is 456 g/mol. The van der Waals surface area contributed by atoms with Crippen LogP contribution in [0, 0.1) is 19.8 Å². The number of hydrogen-bond acceptors (Lipinski definition) is 4. The highest BCUT2D eigenvalue weighted by Gasteiger charge is 2.33. The molecule has 1 aliphatic heterocycles. The molecular formula is C21H25BrN2O4S. The van der Waals surface area contributed by atoms with Crippen LogP contribution in [0.4, 0.5) is 5.69 Å². The van der Waals surface area contributed by atoms with Gasteiger partial charge in [-0.15, -0.1) is 0 Å². The maximum atomic E-state index is 13.0. The van der Waals surface area contributed by atoms with Crippen molar-refractivity contribution in [2.24, 2.45) is 5.92 Å². The highest BCUT2D eigenvalue weighted by atomic mass is 79.9. The SMILES string of the molecule is COc1ccc(S(=O)(=O)N2CCC[C@H](C(=O)Nc3c(C)cc(Br)cc3C)C2)cc1. The molecule has 156 valence electrons. The van der Waals surface area contributed by atoms with Crippen molar-refractivity contribution in [2.45, 2.75) is 31.6 Å². The fourth-order valence-electron chi connectivity index (χ4n) is 3.60. The highest BCUT2D eigenvalue weighted by molar-refractivity contribution is 9.10. The molecule has 1 saturated heterocycles. The summed E-state index contributed by atoms with van der Waals surface area (Å²) in [6.45, 7) is 4.46. The predicted octanol–water partition coefficient (Wildman–Crippen LogP) is 4.11. The average Bonchev–Trinajstić information content (AvgIpc) is 2.70. The Bertz CT molecular complexity index is 983. The van der Waals surface area contributed by atoms with Gasteiger partial charge in [0.2, 0.25) is 15.9 Å². The van der Waals surface area contributed by atoms with Crippen LogP contribution in [0.1, 0.15) is 24.0 Å². The zero-order valence-corrected chi connectivity index (χ0v) is 19.1. The summed E-state index contributed by atoms with van der Waals surface area (Å²) >= 11 is 3.46. The molecule has 1 amide bonds. The summed E-state index contributed by atoms with van der Waals surface area (Å²) in [6.07, 6.45) is 1.31. The van der Waals surface area contributed by atoms with Crippen molar-refractivity contribution < 1.29 is 17.9 Å². The molecule has 1 fully saturated rings. The van der Waals surface area contributed by atoms with Gasteiger partial charge in [-0.2, -0.15) is 4.31 Å². The number of methoxy groups -OCH3 is 1. The average molecular weight is 481 g/mol. The van der Waals surface area contributed by atoms with E-state index >= 15 is 0 Å². The number of benzene rings is 2. The predicted molar refractivity (Wildman–Crippen MR) is 117 cm³/mol. The lowest BCUT2D eigenvalue weighted by Crippen LogP contribution is -2.43. The van der Waals surface area contributed by atoms with Crippen molar-refractivity contribution in [3.8, 4) is 5.75 Å². The van der Waals surface area contributed by atoms with Gasteiger partial charge in [0, 0.05) is 23.2 Å². The molecule has 0 saturated carbocycles. The maximum absolute atomic E-state index is 13.0. The monoisotopic (exact) mass is 480 g/mol. The summed E-state index contributed by atoms with van der Waals surface area (Å²) in [4.78, 5) is 13.1. The number of ether oxygens (including phenoxy) is 1. The lowest BCUT2D eigenvalue weighted by molar-refractivity contribution is -0.120. The minimum Gasteiger partial charge on any atom is -0.497 e. The fraction of sp³-hybridized carbons (Fsp3) is 0.381. The number of piperidine rings is 1. The van der Waals surface area contributed by atoms with Crippen molar-refractivity contribution >= 4 is 37.5 Å². The zero-order chi connectivity index (χ0) is 21.2. The van der Waals surface area contributed by atoms with Gasteiger partial charge in [-0.3, -0.25) is 4.79 Å². The summed E-state index contributed by atoms with van der Waals surface area (Å²) in [5.41, 5.74) is 2.71. The first-order chi connectivity index (χ1) is 13.7. The number of aryl methyl sites for hydroxylation is 2. The third-order valence-corrected chi connectivity index (χ3v) is 7.53. The Balaban J connectivity index is 1.75. The third-order valence-electron chi connectivity index (χ3n) is 5.20. The Morgan fingerprint density at radius 3 is 2.38 bits per heavy atom. The van der Waals surface area contributed by atoms with Gasteiger partial charge in [0.05, 0.1) is 17.9 Å². The van der Waals surface area contributed by atoms with E-state index in [1.807, 2.05) is 26.0 Å². The Hall–Kier alpha value is -1.90. The Morgan fingerprint density at radius 1 is 1.17 bits per heavy atom. The number of anilines is 1. The molecule has 3 rings (SSSR count). The molecule has 0 aliphatic carbocycles. The van der Waals surface area contributed by atoms with Crippen LogP contribution in [0.15, 0.2) is 45.8 Å². The van der Waals surface area contributed by atoms with Gasteiger partial charge < -0.3 is 10.1 Å². The highest BCUT2D eigenvalue weighted by Crippen LogP contribution is 2.28. The van der Waals surface area contributed by atoms with Gasteiger partial charge in [0.15, 0.2) is 0 Å². The number of halogens is 1. The van der Waals surface area contributed by atoms with E-state index in [-0.39, 0.29) is 23.3 Å². The molecule has 6 nitrogen and oxygen atoms in total. The molecule has 0 radical (unpaired) electrons. The number of sulfonamides is 1. The van der Waals surface area contributed by atoms with Crippen LogP contribution in [-0.4, -0.2) is 38.8 Å². The minimum atomic E-state index is -3.66. The number of nitrogens with one attached hydrogen (secondary N) is 1. The van der Waals surface area contributed by atoms with E-state index < -0.39 is 10.0 Å². The van der Waals surface area contributed by atoms with E-state index in [9.17, 15) is 13.2 Å². The maximum Gasteiger partial charge on any atom is 0.243 e. The molecule has 0 bridgehead atoms. The molecule has 29 heavy (non-hydrogen) atoms. The number of nitrogens with zero attached hydrogens (tertiary/aromatic N) is 1. The molecule has 2 aromatic carbocycles. The first kappa shape index (κ1) is 21.8. The van der Waals surface area contributed by atoms with Crippen LogP contribution < -0.4 is 10.1 Å². The molecule has 1 N–H and O–H groups in total. The number of carbonyl (C=O) groups is 1. The van der Waals surface area contributed by atoms with E-state index in [4.69, 9.17) is 4.74 Å². The fourth-order valence-corrected chi connectivity index (χ4v) is 5.82. The van der Waals surface area contributed by atoms with Crippen molar-refractivity contribution in [2.75, 3.05) is 25.5 Å². The van der Waals surface area contributed by atoms with Crippen LogP contribution in [0.25, 0.3) is 0 Å². The van der Waals surface area contributed by atoms with E-state index in [0.717, 1.165) is 21.3 Å².